The summed E-state index contributed by atoms with van der Waals surface area (Å²) in [5, 5.41) is 0. The van der Waals surface area contributed by atoms with Gasteiger partial charge in [-0.1, -0.05) is 24.3 Å². The van der Waals surface area contributed by atoms with Crippen molar-refractivity contribution in [3.8, 4) is 0 Å². The molecule has 0 saturated carbocycles. The Morgan fingerprint density at radius 1 is 1.17 bits per heavy atom. The SMILES string of the molecule is Cl.NCc1ccc(C(F)F)cc1. The molecule has 12 heavy (non-hydrogen) atoms. The molecule has 0 saturated heterocycles. The van der Waals surface area contributed by atoms with Gasteiger partial charge in [-0.25, -0.2) is 8.78 Å². The Hall–Kier alpha value is -0.670. The lowest BCUT2D eigenvalue weighted by molar-refractivity contribution is 0.151. The predicted octanol–water partition coefficient (Wildman–Crippen LogP) is 2.50. The van der Waals surface area contributed by atoms with Crippen molar-refractivity contribution in [3.05, 3.63) is 35.4 Å². The summed E-state index contributed by atoms with van der Waals surface area (Å²) in [6.07, 6.45) is -2.39. The minimum Gasteiger partial charge on any atom is -0.326 e. The highest BCUT2D eigenvalue weighted by Gasteiger charge is 2.04. The second kappa shape index (κ2) is 5.06. The average molecular weight is 194 g/mol. The minimum atomic E-state index is -2.39. The molecule has 0 fully saturated rings. The largest absolute Gasteiger partial charge is 0.326 e. The molecule has 0 aliphatic heterocycles. The number of rotatable bonds is 2. The minimum absolute atomic E-state index is 0. The van der Waals surface area contributed by atoms with E-state index < -0.39 is 6.43 Å². The molecule has 1 rings (SSSR count). The van der Waals surface area contributed by atoms with Gasteiger partial charge in [-0.2, -0.15) is 0 Å². The van der Waals surface area contributed by atoms with Gasteiger partial charge in [0.15, 0.2) is 0 Å². The number of alkyl halides is 2. The lowest BCUT2D eigenvalue weighted by Gasteiger charge is -1.99. The molecule has 0 aromatic heterocycles. The zero-order valence-electron chi connectivity index (χ0n) is 6.34. The number of benzene rings is 1. The van der Waals surface area contributed by atoms with Crippen molar-refractivity contribution in [2.45, 2.75) is 13.0 Å². The van der Waals surface area contributed by atoms with Crippen LogP contribution >= 0.6 is 12.4 Å². The molecule has 0 amide bonds. The van der Waals surface area contributed by atoms with Gasteiger partial charge >= 0.3 is 0 Å². The molecular formula is C8H10ClF2N. The Kier molecular flexibility index (Phi) is 4.78. The van der Waals surface area contributed by atoms with Gasteiger partial charge in [0.25, 0.3) is 6.43 Å². The van der Waals surface area contributed by atoms with Crippen molar-refractivity contribution < 1.29 is 8.78 Å². The maximum absolute atomic E-state index is 12.0. The van der Waals surface area contributed by atoms with E-state index in [9.17, 15) is 8.78 Å². The van der Waals surface area contributed by atoms with E-state index in [-0.39, 0.29) is 18.0 Å². The molecule has 0 atom stereocenters. The smallest absolute Gasteiger partial charge is 0.263 e. The Labute approximate surface area is 76.0 Å². The van der Waals surface area contributed by atoms with Crippen LogP contribution < -0.4 is 5.73 Å². The molecule has 1 nitrogen and oxygen atoms in total. The molecule has 1 aromatic rings. The maximum atomic E-state index is 12.0. The quantitative estimate of drug-likeness (QED) is 0.768. The summed E-state index contributed by atoms with van der Waals surface area (Å²) in [6, 6.07) is 6.02. The van der Waals surface area contributed by atoms with E-state index in [2.05, 4.69) is 0 Å². The van der Waals surface area contributed by atoms with Crippen molar-refractivity contribution in [2.24, 2.45) is 5.73 Å². The van der Waals surface area contributed by atoms with E-state index in [4.69, 9.17) is 5.73 Å². The summed E-state index contributed by atoms with van der Waals surface area (Å²) in [5.41, 5.74) is 6.20. The lowest BCUT2D eigenvalue weighted by atomic mass is 10.1. The zero-order valence-corrected chi connectivity index (χ0v) is 7.15. The van der Waals surface area contributed by atoms with Gasteiger partial charge in [0.2, 0.25) is 0 Å². The van der Waals surface area contributed by atoms with E-state index in [1.54, 1.807) is 12.1 Å². The van der Waals surface area contributed by atoms with Crippen molar-refractivity contribution >= 4 is 12.4 Å². The van der Waals surface area contributed by atoms with Crippen LogP contribution in [0.2, 0.25) is 0 Å². The molecule has 0 radical (unpaired) electrons. The van der Waals surface area contributed by atoms with Crippen LogP contribution in [0.25, 0.3) is 0 Å². The number of halogens is 3. The first-order valence-corrected chi connectivity index (χ1v) is 3.31. The van der Waals surface area contributed by atoms with E-state index in [1.165, 1.54) is 12.1 Å². The number of nitrogens with two attached hydrogens (primary N) is 1. The fourth-order valence-electron chi connectivity index (χ4n) is 0.799. The van der Waals surface area contributed by atoms with E-state index in [0.29, 0.717) is 6.54 Å². The second-order valence-electron chi connectivity index (χ2n) is 2.25. The second-order valence-corrected chi connectivity index (χ2v) is 2.25. The van der Waals surface area contributed by atoms with Crippen LogP contribution in [0.4, 0.5) is 8.78 Å². The molecule has 0 aliphatic rings. The van der Waals surface area contributed by atoms with Gasteiger partial charge in [0, 0.05) is 12.1 Å². The van der Waals surface area contributed by atoms with E-state index in [0.717, 1.165) is 5.56 Å². The highest BCUT2D eigenvalue weighted by atomic mass is 35.5. The third kappa shape index (κ3) is 2.75. The maximum Gasteiger partial charge on any atom is 0.263 e. The third-order valence-corrected chi connectivity index (χ3v) is 1.47. The van der Waals surface area contributed by atoms with Gasteiger partial charge in [0.1, 0.15) is 0 Å². The molecule has 0 unspecified atom stereocenters. The van der Waals surface area contributed by atoms with E-state index in [1.807, 2.05) is 0 Å². The van der Waals surface area contributed by atoms with Crippen LogP contribution in [0.3, 0.4) is 0 Å². The predicted molar refractivity (Wildman–Crippen MR) is 46.5 cm³/mol. The number of hydrogen-bond donors (Lipinski definition) is 1. The average Bonchev–Trinajstić information content (AvgIpc) is 2.05. The Balaban J connectivity index is 0.00000121. The monoisotopic (exact) mass is 193 g/mol. The van der Waals surface area contributed by atoms with Crippen LogP contribution in [-0.4, -0.2) is 0 Å². The van der Waals surface area contributed by atoms with Gasteiger partial charge in [-0.15, -0.1) is 12.4 Å². The van der Waals surface area contributed by atoms with Gasteiger partial charge in [0.05, 0.1) is 0 Å². The summed E-state index contributed by atoms with van der Waals surface area (Å²) in [6.45, 7) is 0.392. The molecule has 0 heterocycles. The Morgan fingerprint density at radius 2 is 1.67 bits per heavy atom. The van der Waals surface area contributed by atoms with Gasteiger partial charge in [-0.05, 0) is 5.56 Å². The molecule has 2 N–H and O–H groups in total. The van der Waals surface area contributed by atoms with Crippen LogP contribution in [0.1, 0.15) is 17.6 Å². The highest BCUT2D eigenvalue weighted by Crippen LogP contribution is 2.18. The van der Waals surface area contributed by atoms with Gasteiger partial charge < -0.3 is 5.73 Å². The standard InChI is InChI=1S/C8H9F2N.ClH/c9-8(10)7-3-1-6(5-11)2-4-7;/h1-4,8H,5,11H2;1H. The summed E-state index contributed by atoms with van der Waals surface area (Å²) >= 11 is 0. The molecule has 0 bridgehead atoms. The topological polar surface area (TPSA) is 26.0 Å². The molecule has 1 aromatic carbocycles. The molecule has 68 valence electrons. The molecular weight excluding hydrogens is 184 g/mol. The summed E-state index contributed by atoms with van der Waals surface area (Å²) in [7, 11) is 0. The molecule has 0 aliphatic carbocycles. The zero-order chi connectivity index (χ0) is 8.27. The Bertz CT molecular complexity index is 223. The first-order valence-electron chi connectivity index (χ1n) is 3.31. The molecule has 4 heteroatoms. The highest BCUT2D eigenvalue weighted by molar-refractivity contribution is 5.85. The van der Waals surface area contributed by atoms with Crippen molar-refractivity contribution in [1.29, 1.82) is 0 Å². The van der Waals surface area contributed by atoms with Crippen molar-refractivity contribution in [2.75, 3.05) is 0 Å². The fourth-order valence-corrected chi connectivity index (χ4v) is 0.799. The van der Waals surface area contributed by atoms with E-state index >= 15 is 0 Å². The normalized spacial score (nSPS) is 9.67. The molecule has 0 spiro atoms. The summed E-state index contributed by atoms with van der Waals surface area (Å²) in [4.78, 5) is 0. The van der Waals surface area contributed by atoms with Gasteiger partial charge in [-0.3, -0.25) is 0 Å². The van der Waals surface area contributed by atoms with Crippen molar-refractivity contribution in [3.63, 3.8) is 0 Å². The summed E-state index contributed by atoms with van der Waals surface area (Å²) in [5.74, 6) is 0. The number of hydrogen-bond acceptors (Lipinski definition) is 1. The summed E-state index contributed by atoms with van der Waals surface area (Å²) < 4.78 is 23.9. The Morgan fingerprint density at radius 3 is 2.00 bits per heavy atom. The van der Waals surface area contributed by atoms with Crippen LogP contribution in [0.5, 0.6) is 0 Å². The fraction of sp³-hybridized carbons (Fsp3) is 0.250. The van der Waals surface area contributed by atoms with Crippen LogP contribution in [0.15, 0.2) is 24.3 Å². The van der Waals surface area contributed by atoms with Crippen LogP contribution in [0, 0.1) is 0 Å². The first-order chi connectivity index (χ1) is 5.24. The van der Waals surface area contributed by atoms with Crippen LogP contribution in [-0.2, 0) is 6.54 Å². The van der Waals surface area contributed by atoms with Crippen molar-refractivity contribution in [1.82, 2.24) is 0 Å². The third-order valence-electron chi connectivity index (χ3n) is 1.47. The lowest BCUT2D eigenvalue weighted by Crippen LogP contribution is -1.95. The first kappa shape index (κ1) is 11.3.